The first-order valence-electron chi connectivity index (χ1n) is 8.00. The summed E-state index contributed by atoms with van der Waals surface area (Å²) in [6, 6.07) is 7.35. The lowest BCUT2D eigenvalue weighted by molar-refractivity contribution is -0.135. The monoisotopic (exact) mass is 332 g/mol. The van der Waals surface area contributed by atoms with Gasteiger partial charge in [0.05, 0.1) is 0 Å². The van der Waals surface area contributed by atoms with E-state index < -0.39 is 6.09 Å². The van der Waals surface area contributed by atoms with Crippen LogP contribution in [-0.2, 0) is 14.3 Å². The first-order valence-corrected chi connectivity index (χ1v) is 8.00. The standard InChI is InChI=1S/C17H20N2O5/c1-12-3-2-4-14(9-12)23-10-15(20)18-7-5-13(6-8-18)19-16(21)11-24-17(19)22/h2-4,9,13H,5-8,10-11H2,1H3. The molecule has 2 aliphatic rings. The molecular formula is C17H20N2O5. The molecule has 3 rings (SSSR count). The molecule has 0 aromatic heterocycles. The molecule has 0 unspecified atom stereocenters. The summed E-state index contributed by atoms with van der Waals surface area (Å²) < 4.78 is 10.3. The number of nitrogens with zero attached hydrogens (tertiary/aromatic N) is 2. The van der Waals surface area contributed by atoms with Crippen molar-refractivity contribution in [3.05, 3.63) is 29.8 Å². The number of carbonyl (C=O) groups excluding carboxylic acids is 3. The van der Waals surface area contributed by atoms with Crippen molar-refractivity contribution >= 4 is 17.9 Å². The molecule has 1 aromatic rings. The number of imide groups is 1. The predicted molar refractivity (Wildman–Crippen MR) is 84.5 cm³/mol. The van der Waals surface area contributed by atoms with Crippen LogP contribution in [0.1, 0.15) is 18.4 Å². The van der Waals surface area contributed by atoms with E-state index in [0.717, 1.165) is 5.56 Å². The van der Waals surface area contributed by atoms with Gasteiger partial charge in [0, 0.05) is 19.1 Å². The molecule has 1 aromatic carbocycles. The van der Waals surface area contributed by atoms with Gasteiger partial charge in [-0.1, -0.05) is 12.1 Å². The number of rotatable bonds is 4. The molecule has 0 radical (unpaired) electrons. The maximum Gasteiger partial charge on any atom is 0.417 e. The number of amides is 3. The van der Waals surface area contributed by atoms with Crippen LogP contribution < -0.4 is 4.74 Å². The molecule has 7 heteroatoms. The summed E-state index contributed by atoms with van der Waals surface area (Å²) in [5.74, 6) is 0.279. The lowest BCUT2D eigenvalue weighted by atomic mass is 10.0. The van der Waals surface area contributed by atoms with Crippen LogP contribution in [0.5, 0.6) is 5.75 Å². The number of carbonyl (C=O) groups is 3. The smallest absolute Gasteiger partial charge is 0.417 e. The van der Waals surface area contributed by atoms with Crippen molar-refractivity contribution in [2.24, 2.45) is 0 Å². The van der Waals surface area contributed by atoms with Gasteiger partial charge in [0.25, 0.3) is 11.8 Å². The van der Waals surface area contributed by atoms with Gasteiger partial charge in [-0.25, -0.2) is 9.69 Å². The third kappa shape index (κ3) is 3.50. The van der Waals surface area contributed by atoms with E-state index in [9.17, 15) is 14.4 Å². The number of likely N-dealkylation sites (tertiary alicyclic amines) is 1. The highest BCUT2D eigenvalue weighted by molar-refractivity contribution is 5.98. The van der Waals surface area contributed by atoms with Crippen LogP contribution in [0.2, 0.25) is 0 Å². The zero-order valence-corrected chi connectivity index (χ0v) is 13.6. The Morgan fingerprint density at radius 2 is 2.04 bits per heavy atom. The number of aryl methyl sites for hydroxylation is 1. The second-order valence-electron chi connectivity index (χ2n) is 6.04. The first kappa shape index (κ1) is 16.3. The molecule has 0 spiro atoms. The summed E-state index contributed by atoms with van der Waals surface area (Å²) in [6.07, 6.45) is 0.557. The highest BCUT2D eigenvalue weighted by Crippen LogP contribution is 2.21. The molecule has 128 valence electrons. The van der Waals surface area contributed by atoms with E-state index in [-0.39, 0.29) is 31.1 Å². The average molecular weight is 332 g/mol. The molecular weight excluding hydrogens is 312 g/mol. The molecule has 2 aliphatic heterocycles. The fourth-order valence-corrected chi connectivity index (χ4v) is 3.03. The van der Waals surface area contributed by atoms with E-state index in [4.69, 9.17) is 9.47 Å². The fraction of sp³-hybridized carbons (Fsp3) is 0.471. The van der Waals surface area contributed by atoms with Gasteiger partial charge in [-0.2, -0.15) is 0 Å². The SMILES string of the molecule is Cc1cccc(OCC(=O)N2CCC(N3C(=O)COC3=O)CC2)c1. The maximum atomic E-state index is 12.2. The average Bonchev–Trinajstić information content (AvgIpc) is 2.92. The quantitative estimate of drug-likeness (QED) is 0.832. The molecule has 24 heavy (non-hydrogen) atoms. The fourth-order valence-electron chi connectivity index (χ4n) is 3.03. The van der Waals surface area contributed by atoms with Gasteiger partial charge in [-0.3, -0.25) is 9.59 Å². The zero-order valence-electron chi connectivity index (χ0n) is 13.6. The minimum Gasteiger partial charge on any atom is -0.484 e. The van der Waals surface area contributed by atoms with Crippen LogP contribution in [0.25, 0.3) is 0 Å². The molecule has 7 nitrogen and oxygen atoms in total. The molecule has 0 saturated carbocycles. The summed E-state index contributed by atoms with van der Waals surface area (Å²) in [5.41, 5.74) is 1.07. The topological polar surface area (TPSA) is 76.2 Å². The Hall–Kier alpha value is -2.57. The van der Waals surface area contributed by atoms with Gasteiger partial charge in [0.2, 0.25) is 0 Å². The molecule has 0 atom stereocenters. The summed E-state index contributed by atoms with van der Waals surface area (Å²) in [4.78, 5) is 38.4. The van der Waals surface area contributed by atoms with Crippen LogP contribution in [0.3, 0.4) is 0 Å². The van der Waals surface area contributed by atoms with Crippen molar-refractivity contribution in [1.29, 1.82) is 0 Å². The number of hydrogen-bond donors (Lipinski definition) is 0. The minimum atomic E-state index is -0.576. The lowest BCUT2D eigenvalue weighted by Gasteiger charge is -2.34. The summed E-state index contributed by atoms with van der Waals surface area (Å²) >= 11 is 0. The maximum absolute atomic E-state index is 12.2. The summed E-state index contributed by atoms with van der Waals surface area (Å²) in [6.45, 7) is 2.76. The number of hydrogen-bond acceptors (Lipinski definition) is 5. The summed E-state index contributed by atoms with van der Waals surface area (Å²) in [5, 5.41) is 0. The zero-order chi connectivity index (χ0) is 17.1. The van der Waals surface area contributed by atoms with Crippen molar-refractivity contribution < 1.29 is 23.9 Å². The van der Waals surface area contributed by atoms with Crippen molar-refractivity contribution in [3.8, 4) is 5.75 Å². The molecule has 0 N–H and O–H groups in total. The van der Waals surface area contributed by atoms with Crippen molar-refractivity contribution in [1.82, 2.24) is 9.80 Å². The van der Waals surface area contributed by atoms with Crippen LogP contribution in [-0.4, -0.2) is 60.1 Å². The molecule has 2 saturated heterocycles. The van der Waals surface area contributed by atoms with Gasteiger partial charge < -0.3 is 14.4 Å². The van der Waals surface area contributed by atoms with Crippen molar-refractivity contribution in [2.45, 2.75) is 25.8 Å². The van der Waals surface area contributed by atoms with Crippen LogP contribution in [0.4, 0.5) is 4.79 Å². The predicted octanol–water partition coefficient (Wildman–Crippen LogP) is 1.34. The number of benzene rings is 1. The molecule has 0 bridgehead atoms. The molecule has 2 fully saturated rings. The minimum absolute atomic E-state index is 0.0151. The lowest BCUT2D eigenvalue weighted by Crippen LogP contribution is -2.49. The van der Waals surface area contributed by atoms with Crippen LogP contribution in [0.15, 0.2) is 24.3 Å². The van der Waals surface area contributed by atoms with E-state index >= 15 is 0 Å². The third-order valence-corrected chi connectivity index (χ3v) is 4.32. The second-order valence-corrected chi connectivity index (χ2v) is 6.04. The van der Waals surface area contributed by atoms with E-state index in [1.54, 1.807) is 4.90 Å². The van der Waals surface area contributed by atoms with Gasteiger partial charge in [0.15, 0.2) is 13.2 Å². The van der Waals surface area contributed by atoms with E-state index in [1.165, 1.54) is 4.90 Å². The number of piperidine rings is 1. The Morgan fingerprint density at radius 1 is 1.29 bits per heavy atom. The summed E-state index contributed by atoms with van der Waals surface area (Å²) in [7, 11) is 0. The van der Waals surface area contributed by atoms with E-state index in [1.807, 2.05) is 31.2 Å². The second kappa shape index (κ2) is 6.90. The van der Waals surface area contributed by atoms with E-state index in [0.29, 0.717) is 31.7 Å². The normalized spacial score (nSPS) is 18.7. The Morgan fingerprint density at radius 3 is 2.67 bits per heavy atom. The van der Waals surface area contributed by atoms with Gasteiger partial charge in [0.1, 0.15) is 5.75 Å². The molecule has 3 amide bonds. The van der Waals surface area contributed by atoms with Crippen LogP contribution in [0, 0.1) is 6.92 Å². The Kier molecular flexibility index (Phi) is 4.69. The van der Waals surface area contributed by atoms with Crippen molar-refractivity contribution in [2.75, 3.05) is 26.3 Å². The largest absolute Gasteiger partial charge is 0.484 e. The van der Waals surface area contributed by atoms with Gasteiger partial charge >= 0.3 is 6.09 Å². The van der Waals surface area contributed by atoms with Crippen molar-refractivity contribution in [3.63, 3.8) is 0 Å². The number of ether oxygens (including phenoxy) is 2. The van der Waals surface area contributed by atoms with Gasteiger partial charge in [-0.15, -0.1) is 0 Å². The van der Waals surface area contributed by atoms with Gasteiger partial charge in [-0.05, 0) is 37.5 Å². The van der Waals surface area contributed by atoms with Crippen LogP contribution >= 0.6 is 0 Å². The number of cyclic esters (lactones) is 1. The first-order chi connectivity index (χ1) is 11.5. The highest BCUT2D eigenvalue weighted by atomic mass is 16.6. The Labute approximate surface area is 140 Å². The Bertz CT molecular complexity index is 636. The molecule has 0 aliphatic carbocycles. The highest BCUT2D eigenvalue weighted by Gasteiger charge is 2.38. The Balaban J connectivity index is 1.48. The molecule has 2 heterocycles. The van der Waals surface area contributed by atoms with E-state index in [2.05, 4.69) is 0 Å². The third-order valence-electron chi connectivity index (χ3n) is 4.32.